The van der Waals surface area contributed by atoms with Crippen LogP contribution in [0.15, 0.2) is 24.5 Å². The number of nitrogens with zero attached hydrogens (tertiary/aromatic N) is 3. The zero-order valence-electron chi connectivity index (χ0n) is 15.0. The zero-order chi connectivity index (χ0) is 17.4. The Bertz CT molecular complexity index is 578. The summed E-state index contributed by atoms with van der Waals surface area (Å²) in [6, 6.07) is 4.15. The van der Waals surface area contributed by atoms with Gasteiger partial charge in [0.2, 0.25) is 0 Å². The number of pyridine rings is 1. The lowest BCUT2D eigenvalue weighted by molar-refractivity contribution is -0.116. The van der Waals surface area contributed by atoms with E-state index in [1.54, 1.807) is 12.4 Å². The van der Waals surface area contributed by atoms with Crippen molar-refractivity contribution in [3.63, 3.8) is 0 Å². The lowest BCUT2D eigenvalue weighted by Gasteiger charge is -2.51. The summed E-state index contributed by atoms with van der Waals surface area (Å²) in [6.45, 7) is 9.72. The molecule has 3 heterocycles. The van der Waals surface area contributed by atoms with Gasteiger partial charge < -0.3 is 10.0 Å². The van der Waals surface area contributed by atoms with E-state index >= 15 is 0 Å². The molecule has 3 rings (SSSR count). The average molecular weight is 331 g/mol. The van der Waals surface area contributed by atoms with E-state index in [-0.39, 0.29) is 11.3 Å². The third-order valence-electron chi connectivity index (χ3n) is 6.12. The van der Waals surface area contributed by atoms with Gasteiger partial charge in [0.1, 0.15) is 0 Å². The van der Waals surface area contributed by atoms with E-state index < -0.39 is 5.60 Å². The molecule has 0 aromatic carbocycles. The topological polar surface area (TPSA) is 56.7 Å². The first kappa shape index (κ1) is 17.4. The van der Waals surface area contributed by atoms with Crippen molar-refractivity contribution >= 4 is 5.91 Å². The molecule has 1 amide bonds. The Kier molecular flexibility index (Phi) is 4.67. The maximum Gasteiger partial charge on any atom is 0.255 e. The van der Waals surface area contributed by atoms with Crippen LogP contribution in [-0.4, -0.2) is 63.6 Å². The molecule has 2 aliphatic rings. The van der Waals surface area contributed by atoms with Crippen molar-refractivity contribution in [1.29, 1.82) is 0 Å². The van der Waals surface area contributed by atoms with Crippen LogP contribution in [0.1, 0.15) is 50.4 Å². The van der Waals surface area contributed by atoms with Gasteiger partial charge in [-0.1, -0.05) is 13.8 Å². The Balaban J connectivity index is 1.57. The van der Waals surface area contributed by atoms with Crippen molar-refractivity contribution in [3.8, 4) is 0 Å². The number of hydrogen-bond acceptors (Lipinski definition) is 4. The minimum Gasteiger partial charge on any atom is -0.390 e. The minimum absolute atomic E-state index is 0.0865. The summed E-state index contributed by atoms with van der Waals surface area (Å²) < 4.78 is 0. The van der Waals surface area contributed by atoms with Gasteiger partial charge in [0.15, 0.2) is 0 Å². The maximum absolute atomic E-state index is 12.5. The van der Waals surface area contributed by atoms with Crippen LogP contribution in [-0.2, 0) is 0 Å². The molecular weight excluding hydrogens is 302 g/mol. The molecular formula is C19H29N3O2. The minimum atomic E-state index is -0.597. The van der Waals surface area contributed by atoms with E-state index in [9.17, 15) is 9.90 Å². The molecule has 0 unspecified atom stereocenters. The van der Waals surface area contributed by atoms with Gasteiger partial charge in [-0.3, -0.25) is 14.7 Å². The Hall–Kier alpha value is -1.46. The highest BCUT2D eigenvalue weighted by atomic mass is 16.3. The second kappa shape index (κ2) is 6.45. The number of carbonyl (C=O) groups is 1. The lowest BCUT2D eigenvalue weighted by atomic mass is 9.70. The van der Waals surface area contributed by atoms with Crippen molar-refractivity contribution in [2.45, 2.75) is 51.7 Å². The molecule has 0 radical (unpaired) electrons. The number of hydrogen-bond donors (Lipinski definition) is 1. The number of likely N-dealkylation sites (tertiary alicyclic amines) is 2. The summed E-state index contributed by atoms with van der Waals surface area (Å²) in [5, 5.41) is 10.6. The van der Waals surface area contributed by atoms with Crippen LogP contribution in [0.3, 0.4) is 0 Å². The van der Waals surface area contributed by atoms with Crippen LogP contribution in [0, 0.1) is 5.41 Å². The summed E-state index contributed by atoms with van der Waals surface area (Å²) in [5.74, 6) is 0.0865. The number of rotatable bonds is 2. The Morgan fingerprint density at radius 1 is 1.25 bits per heavy atom. The van der Waals surface area contributed by atoms with E-state index in [1.165, 1.54) is 0 Å². The largest absolute Gasteiger partial charge is 0.390 e. The highest BCUT2D eigenvalue weighted by Crippen LogP contribution is 2.39. The van der Waals surface area contributed by atoms with E-state index in [4.69, 9.17) is 0 Å². The molecule has 5 nitrogen and oxygen atoms in total. The Morgan fingerprint density at radius 3 is 2.54 bits per heavy atom. The SMILES string of the molecule is CC1(C)CN(C2CCN(C(=O)c3cccnc3)CC2)CC[C@]1(C)O. The van der Waals surface area contributed by atoms with Crippen molar-refractivity contribution in [2.24, 2.45) is 5.41 Å². The van der Waals surface area contributed by atoms with Crippen LogP contribution in [0.4, 0.5) is 0 Å². The van der Waals surface area contributed by atoms with Crippen LogP contribution in [0.5, 0.6) is 0 Å². The average Bonchev–Trinajstić information content (AvgIpc) is 2.58. The highest BCUT2D eigenvalue weighted by molar-refractivity contribution is 5.93. The molecule has 1 N–H and O–H groups in total. The molecule has 2 saturated heterocycles. The number of aromatic nitrogens is 1. The molecule has 0 bridgehead atoms. The van der Waals surface area contributed by atoms with E-state index in [0.29, 0.717) is 11.6 Å². The van der Waals surface area contributed by atoms with Crippen molar-refractivity contribution in [2.75, 3.05) is 26.2 Å². The Labute approximate surface area is 144 Å². The molecule has 1 aromatic heterocycles. The van der Waals surface area contributed by atoms with Crippen LogP contribution >= 0.6 is 0 Å². The molecule has 0 aliphatic carbocycles. The smallest absolute Gasteiger partial charge is 0.255 e. The molecule has 0 saturated carbocycles. The zero-order valence-corrected chi connectivity index (χ0v) is 15.0. The Morgan fingerprint density at radius 2 is 1.96 bits per heavy atom. The van der Waals surface area contributed by atoms with Crippen molar-refractivity contribution < 1.29 is 9.90 Å². The quantitative estimate of drug-likeness (QED) is 0.902. The van der Waals surface area contributed by atoms with Gasteiger partial charge in [-0.25, -0.2) is 0 Å². The fourth-order valence-electron chi connectivity index (χ4n) is 3.87. The first-order valence-corrected chi connectivity index (χ1v) is 8.96. The van der Waals surface area contributed by atoms with Crippen molar-refractivity contribution in [1.82, 2.24) is 14.8 Å². The summed E-state index contributed by atoms with van der Waals surface area (Å²) >= 11 is 0. The molecule has 2 aliphatic heterocycles. The van der Waals surface area contributed by atoms with E-state index in [2.05, 4.69) is 23.7 Å². The maximum atomic E-state index is 12.5. The van der Waals surface area contributed by atoms with Gasteiger partial charge in [-0.05, 0) is 38.3 Å². The molecule has 1 aromatic rings. The van der Waals surface area contributed by atoms with Gasteiger partial charge in [-0.15, -0.1) is 0 Å². The predicted octanol–water partition coefficient (Wildman–Crippen LogP) is 2.17. The van der Waals surface area contributed by atoms with Crippen LogP contribution < -0.4 is 0 Å². The molecule has 2 fully saturated rings. The number of piperidine rings is 2. The third-order valence-corrected chi connectivity index (χ3v) is 6.12. The summed E-state index contributed by atoms with van der Waals surface area (Å²) in [7, 11) is 0. The van der Waals surface area contributed by atoms with Gasteiger partial charge in [0, 0.05) is 50.0 Å². The normalized spacial score (nSPS) is 28.8. The second-order valence-electron chi connectivity index (χ2n) is 8.14. The highest BCUT2D eigenvalue weighted by Gasteiger charge is 2.45. The standard InChI is InChI=1S/C19H29N3O2/c1-18(2)14-22(12-8-19(18,3)24)16-6-10-21(11-7-16)17(23)15-5-4-9-20-13-15/h4-5,9,13,16,24H,6-8,10-12,14H2,1-3H3/t19-/m0/s1. The van der Waals surface area contributed by atoms with E-state index in [0.717, 1.165) is 45.4 Å². The van der Waals surface area contributed by atoms with Gasteiger partial charge in [-0.2, -0.15) is 0 Å². The molecule has 132 valence electrons. The van der Waals surface area contributed by atoms with Gasteiger partial charge >= 0.3 is 0 Å². The van der Waals surface area contributed by atoms with Gasteiger partial charge in [0.25, 0.3) is 5.91 Å². The molecule has 1 atom stereocenters. The fourth-order valence-corrected chi connectivity index (χ4v) is 3.87. The number of carbonyl (C=O) groups excluding carboxylic acids is 1. The molecule has 24 heavy (non-hydrogen) atoms. The van der Waals surface area contributed by atoms with Crippen LogP contribution in [0.2, 0.25) is 0 Å². The summed E-state index contributed by atoms with van der Waals surface area (Å²) in [5.41, 5.74) is -0.0277. The van der Waals surface area contributed by atoms with E-state index in [1.807, 2.05) is 24.0 Å². The first-order chi connectivity index (χ1) is 11.3. The van der Waals surface area contributed by atoms with Crippen LogP contribution in [0.25, 0.3) is 0 Å². The van der Waals surface area contributed by atoms with Gasteiger partial charge in [0.05, 0.1) is 11.2 Å². The third kappa shape index (κ3) is 3.33. The number of aliphatic hydroxyl groups is 1. The summed E-state index contributed by atoms with van der Waals surface area (Å²) in [6.07, 6.45) is 6.16. The number of amides is 1. The first-order valence-electron chi connectivity index (χ1n) is 8.96. The second-order valence-corrected chi connectivity index (χ2v) is 8.14. The molecule has 5 heteroatoms. The predicted molar refractivity (Wildman–Crippen MR) is 93.8 cm³/mol. The molecule has 0 spiro atoms. The monoisotopic (exact) mass is 331 g/mol. The van der Waals surface area contributed by atoms with Crippen molar-refractivity contribution in [3.05, 3.63) is 30.1 Å². The fraction of sp³-hybridized carbons (Fsp3) is 0.684. The summed E-state index contributed by atoms with van der Waals surface area (Å²) in [4.78, 5) is 21.0. The lowest BCUT2D eigenvalue weighted by Crippen LogP contribution is -2.59.